The summed E-state index contributed by atoms with van der Waals surface area (Å²) >= 11 is 0. The zero-order chi connectivity index (χ0) is 11.3. The van der Waals surface area contributed by atoms with Crippen LogP contribution in [-0.2, 0) is 9.53 Å². The van der Waals surface area contributed by atoms with E-state index in [0.29, 0.717) is 0 Å². The molecule has 0 bridgehead atoms. The van der Waals surface area contributed by atoms with Crippen molar-refractivity contribution in [2.75, 3.05) is 7.11 Å². The van der Waals surface area contributed by atoms with Gasteiger partial charge >= 0.3 is 5.97 Å². The Morgan fingerprint density at radius 1 is 1.27 bits per heavy atom. The smallest absolute Gasteiger partial charge is 0.322 e. The molecule has 0 spiro atoms. The summed E-state index contributed by atoms with van der Waals surface area (Å²) in [6, 6.07) is 9.85. The summed E-state index contributed by atoms with van der Waals surface area (Å²) in [5.41, 5.74) is 1.16. The lowest BCUT2D eigenvalue weighted by atomic mass is 10.1. The van der Waals surface area contributed by atoms with Gasteiger partial charge in [-0.25, -0.2) is 0 Å². The Balaban J connectivity index is 2.56. The number of carbonyl (C=O) groups is 1. The van der Waals surface area contributed by atoms with E-state index in [0.717, 1.165) is 5.56 Å². The van der Waals surface area contributed by atoms with E-state index < -0.39 is 0 Å². The molecule has 0 saturated heterocycles. The van der Waals surface area contributed by atoms with Gasteiger partial charge in [0.05, 0.1) is 7.11 Å². The quantitative estimate of drug-likeness (QED) is 0.766. The fourth-order valence-electron chi connectivity index (χ4n) is 1.46. The van der Waals surface area contributed by atoms with Gasteiger partial charge in [-0.1, -0.05) is 30.3 Å². The lowest BCUT2D eigenvalue weighted by Gasteiger charge is -2.18. The van der Waals surface area contributed by atoms with Gasteiger partial charge in [0.25, 0.3) is 0 Å². The number of benzene rings is 1. The number of nitrogens with one attached hydrogen (secondary N) is 1. The summed E-state index contributed by atoms with van der Waals surface area (Å²) in [5.74, 6) is -0.238. The first-order chi connectivity index (χ1) is 7.15. The van der Waals surface area contributed by atoms with Crippen LogP contribution in [0.15, 0.2) is 30.3 Å². The predicted octanol–water partition coefficient (Wildman–Crippen LogP) is 1.90. The number of carbonyl (C=O) groups excluding carboxylic acids is 1. The van der Waals surface area contributed by atoms with Crippen LogP contribution in [-0.4, -0.2) is 19.1 Å². The van der Waals surface area contributed by atoms with Crippen LogP contribution in [0.1, 0.15) is 25.5 Å². The first kappa shape index (κ1) is 11.7. The minimum absolute atomic E-state index is 0.139. The van der Waals surface area contributed by atoms with Crippen molar-refractivity contribution >= 4 is 5.97 Å². The molecule has 3 heteroatoms. The van der Waals surface area contributed by atoms with E-state index in [2.05, 4.69) is 10.1 Å². The summed E-state index contributed by atoms with van der Waals surface area (Å²) < 4.78 is 4.65. The van der Waals surface area contributed by atoms with Crippen molar-refractivity contribution in [3.05, 3.63) is 35.9 Å². The Kier molecular flexibility index (Phi) is 4.31. The van der Waals surface area contributed by atoms with E-state index in [-0.39, 0.29) is 18.1 Å². The maximum absolute atomic E-state index is 11.2. The topological polar surface area (TPSA) is 38.3 Å². The molecule has 1 aromatic rings. The van der Waals surface area contributed by atoms with Gasteiger partial charge in [0.1, 0.15) is 6.04 Å². The maximum Gasteiger partial charge on any atom is 0.322 e. The molecule has 0 amide bonds. The maximum atomic E-state index is 11.2. The van der Waals surface area contributed by atoms with Crippen LogP contribution in [0.5, 0.6) is 0 Å². The molecular weight excluding hydrogens is 190 g/mol. The Morgan fingerprint density at radius 3 is 2.40 bits per heavy atom. The number of hydrogen-bond donors (Lipinski definition) is 1. The van der Waals surface area contributed by atoms with Crippen LogP contribution in [0.25, 0.3) is 0 Å². The van der Waals surface area contributed by atoms with Crippen molar-refractivity contribution < 1.29 is 9.53 Å². The second kappa shape index (κ2) is 5.51. The highest BCUT2D eigenvalue weighted by atomic mass is 16.5. The summed E-state index contributed by atoms with van der Waals surface area (Å²) in [4.78, 5) is 11.2. The monoisotopic (exact) mass is 207 g/mol. The van der Waals surface area contributed by atoms with Gasteiger partial charge in [-0.3, -0.25) is 10.1 Å². The molecule has 0 fully saturated rings. The van der Waals surface area contributed by atoms with Gasteiger partial charge in [0.2, 0.25) is 0 Å². The molecule has 0 heterocycles. The van der Waals surface area contributed by atoms with Crippen molar-refractivity contribution in [2.24, 2.45) is 0 Å². The second-order valence-electron chi connectivity index (χ2n) is 3.54. The first-order valence-corrected chi connectivity index (χ1v) is 5.04. The Labute approximate surface area is 90.4 Å². The first-order valence-electron chi connectivity index (χ1n) is 5.04. The molecule has 0 aromatic heterocycles. The van der Waals surface area contributed by atoms with Gasteiger partial charge < -0.3 is 4.74 Å². The molecule has 3 nitrogen and oxygen atoms in total. The zero-order valence-corrected chi connectivity index (χ0v) is 9.36. The van der Waals surface area contributed by atoms with Crippen LogP contribution in [0.4, 0.5) is 0 Å². The van der Waals surface area contributed by atoms with Crippen LogP contribution >= 0.6 is 0 Å². The number of ether oxygens (including phenoxy) is 1. The third kappa shape index (κ3) is 3.36. The molecule has 0 aliphatic heterocycles. The lowest BCUT2D eigenvalue weighted by molar-refractivity contribution is -0.142. The van der Waals surface area contributed by atoms with E-state index in [1.54, 1.807) is 6.92 Å². The van der Waals surface area contributed by atoms with Gasteiger partial charge in [0.15, 0.2) is 0 Å². The summed E-state index contributed by atoms with van der Waals surface area (Å²) in [6.07, 6.45) is 0. The molecule has 0 radical (unpaired) electrons. The molecule has 2 unspecified atom stereocenters. The average molecular weight is 207 g/mol. The van der Waals surface area contributed by atoms with Crippen molar-refractivity contribution in [1.82, 2.24) is 5.32 Å². The molecule has 2 atom stereocenters. The van der Waals surface area contributed by atoms with Crippen molar-refractivity contribution in [2.45, 2.75) is 25.9 Å². The summed E-state index contributed by atoms with van der Waals surface area (Å²) in [6.45, 7) is 3.82. The van der Waals surface area contributed by atoms with Crippen LogP contribution in [0.3, 0.4) is 0 Å². The van der Waals surface area contributed by atoms with Crippen molar-refractivity contribution in [3.63, 3.8) is 0 Å². The third-order valence-electron chi connectivity index (χ3n) is 2.35. The standard InChI is InChI=1S/C12H17NO2/c1-9(11-7-5-4-6-8-11)13-10(2)12(14)15-3/h4-10,13H,1-3H3. The Hall–Kier alpha value is -1.35. The highest BCUT2D eigenvalue weighted by molar-refractivity contribution is 5.75. The molecule has 1 rings (SSSR count). The van der Waals surface area contributed by atoms with E-state index in [1.165, 1.54) is 7.11 Å². The molecule has 1 N–H and O–H groups in total. The fourth-order valence-corrected chi connectivity index (χ4v) is 1.46. The number of hydrogen-bond acceptors (Lipinski definition) is 3. The van der Waals surface area contributed by atoms with Gasteiger partial charge in [-0.05, 0) is 19.4 Å². The summed E-state index contributed by atoms with van der Waals surface area (Å²) in [5, 5.41) is 3.17. The Bertz CT molecular complexity index is 311. The van der Waals surface area contributed by atoms with E-state index >= 15 is 0 Å². The number of methoxy groups -OCH3 is 1. The molecule has 15 heavy (non-hydrogen) atoms. The van der Waals surface area contributed by atoms with Crippen LogP contribution in [0.2, 0.25) is 0 Å². The zero-order valence-electron chi connectivity index (χ0n) is 9.36. The van der Waals surface area contributed by atoms with Crippen molar-refractivity contribution in [1.29, 1.82) is 0 Å². The molecule has 1 aromatic carbocycles. The predicted molar refractivity (Wildman–Crippen MR) is 59.5 cm³/mol. The van der Waals surface area contributed by atoms with E-state index in [4.69, 9.17) is 0 Å². The number of esters is 1. The average Bonchev–Trinajstić information content (AvgIpc) is 2.29. The SMILES string of the molecule is COC(=O)C(C)NC(C)c1ccccc1. The molecule has 82 valence electrons. The van der Waals surface area contributed by atoms with E-state index in [9.17, 15) is 4.79 Å². The molecular formula is C12H17NO2. The second-order valence-corrected chi connectivity index (χ2v) is 3.54. The highest BCUT2D eigenvalue weighted by Crippen LogP contribution is 2.11. The van der Waals surface area contributed by atoms with Gasteiger partial charge in [0, 0.05) is 6.04 Å². The van der Waals surface area contributed by atoms with Crippen molar-refractivity contribution in [3.8, 4) is 0 Å². The fraction of sp³-hybridized carbons (Fsp3) is 0.417. The van der Waals surface area contributed by atoms with E-state index in [1.807, 2.05) is 37.3 Å². The minimum Gasteiger partial charge on any atom is -0.468 e. The minimum atomic E-state index is -0.287. The van der Waals surface area contributed by atoms with Crippen LogP contribution in [0, 0.1) is 0 Å². The Morgan fingerprint density at radius 2 is 1.87 bits per heavy atom. The largest absolute Gasteiger partial charge is 0.468 e. The van der Waals surface area contributed by atoms with Crippen LogP contribution < -0.4 is 5.32 Å². The molecule has 0 aliphatic rings. The summed E-state index contributed by atoms with van der Waals surface area (Å²) in [7, 11) is 1.40. The molecule has 0 saturated carbocycles. The lowest BCUT2D eigenvalue weighted by Crippen LogP contribution is -2.36. The highest BCUT2D eigenvalue weighted by Gasteiger charge is 2.15. The third-order valence-corrected chi connectivity index (χ3v) is 2.35. The van der Waals surface area contributed by atoms with Gasteiger partial charge in [-0.2, -0.15) is 0 Å². The van der Waals surface area contributed by atoms with Gasteiger partial charge in [-0.15, -0.1) is 0 Å². The number of rotatable bonds is 4. The molecule has 0 aliphatic carbocycles. The normalized spacial score (nSPS) is 14.3.